The second-order valence-corrected chi connectivity index (χ2v) is 11.3. The molecule has 1 aliphatic heterocycles. The van der Waals surface area contributed by atoms with Crippen molar-refractivity contribution in [1.82, 2.24) is 20.1 Å². The predicted molar refractivity (Wildman–Crippen MR) is 127 cm³/mol. The van der Waals surface area contributed by atoms with Gasteiger partial charge in [-0.25, -0.2) is 12.8 Å². The Morgan fingerprint density at radius 2 is 1.94 bits per heavy atom. The molecule has 1 unspecified atom stereocenters. The summed E-state index contributed by atoms with van der Waals surface area (Å²) in [5.74, 6) is -0.267. The molecule has 0 bridgehead atoms. The van der Waals surface area contributed by atoms with Crippen LogP contribution < -0.4 is 9.62 Å². The van der Waals surface area contributed by atoms with Crippen LogP contribution in [0.2, 0.25) is 5.02 Å². The maximum Gasteiger partial charge on any atom is 0.264 e. The topological polar surface area (TPSA) is 80.1 Å². The van der Waals surface area contributed by atoms with Gasteiger partial charge in [0.2, 0.25) is 0 Å². The molecule has 1 fully saturated rings. The molecule has 33 heavy (non-hydrogen) atoms. The first kappa shape index (κ1) is 23.7. The Bertz CT molecular complexity index is 1240. The van der Waals surface area contributed by atoms with Crippen LogP contribution in [0.3, 0.4) is 0 Å². The van der Waals surface area contributed by atoms with Gasteiger partial charge in [-0.3, -0.25) is 4.31 Å². The van der Waals surface area contributed by atoms with Crippen LogP contribution in [0.4, 0.5) is 10.1 Å². The van der Waals surface area contributed by atoms with Crippen molar-refractivity contribution < 1.29 is 12.8 Å². The molecule has 4 rings (SSSR count). The zero-order valence-corrected chi connectivity index (χ0v) is 20.4. The Morgan fingerprint density at radius 3 is 2.58 bits per heavy atom. The zero-order chi connectivity index (χ0) is 23.8. The van der Waals surface area contributed by atoms with Crippen LogP contribution in [-0.2, 0) is 10.0 Å². The van der Waals surface area contributed by atoms with E-state index in [4.69, 9.17) is 11.6 Å². The molecule has 7 nitrogen and oxygen atoms in total. The maximum absolute atomic E-state index is 14.8. The van der Waals surface area contributed by atoms with E-state index >= 15 is 0 Å². The number of nitrogens with one attached hydrogen (secondary N) is 1. The molecule has 176 valence electrons. The average molecular weight is 492 g/mol. The molecule has 0 aliphatic carbocycles. The van der Waals surface area contributed by atoms with Crippen molar-refractivity contribution in [3.63, 3.8) is 0 Å². The number of benzene rings is 2. The quantitative estimate of drug-likeness (QED) is 0.561. The Morgan fingerprint density at radius 1 is 1.21 bits per heavy atom. The minimum absolute atomic E-state index is 0.0919. The fourth-order valence-corrected chi connectivity index (χ4v) is 6.21. The number of nitrogens with zero attached hydrogens (tertiary/aromatic N) is 4. The SMILES string of the molecule is CC(C)(C)N(c1cc(F)c(Cl)cc1-c1nncn1C1CCCNC1)S(=O)(=O)c1ccccc1. The van der Waals surface area contributed by atoms with Crippen molar-refractivity contribution in [2.75, 3.05) is 17.4 Å². The molecule has 2 heterocycles. The van der Waals surface area contributed by atoms with Crippen molar-refractivity contribution >= 4 is 27.3 Å². The van der Waals surface area contributed by atoms with Gasteiger partial charge >= 0.3 is 0 Å². The van der Waals surface area contributed by atoms with Gasteiger partial charge in [0.15, 0.2) is 5.82 Å². The summed E-state index contributed by atoms with van der Waals surface area (Å²) in [6.45, 7) is 6.97. The lowest BCUT2D eigenvalue weighted by Crippen LogP contribution is -2.46. The Labute approximate surface area is 198 Å². The van der Waals surface area contributed by atoms with E-state index < -0.39 is 21.4 Å². The second-order valence-electron chi connectivity index (χ2n) is 9.10. The number of aromatic nitrogens is 3. The van der Waals surface area contributed by atoms with Crippen molar-refractivity contribution in [2.24, 2.45) is 0 Å². The fraction of sp³-hybridized carbons (Fsp3) is 0.391. The minimum Gasteiger partial charge on any atom is -0.315 e. The van der Waals surface area contributed by atoms with Gasteiger partial charge in [-0.15, -0.1) is 10.2 Å². The predicted octanol–water partition coefficient (Wildman–Crippen LogP) is 4.66. The third-order valence-corrected chi connectivity index (χ3v) is 8.01. The lowest BCUT2D eigenvalue weighted by molar-refractivity contribution is 0.373. The number of hydrogen-bond donors (Lipinski definition) is 1. The minimum atomic E-state index is -4.04. The summed E-state index contributed by atoms with van der Waals surface area (Å²) < 4.78 is 45.5. The molecular formula is C23H27ClFN5O2S. The Kier molecular flexibility index (Phi) is 6.48. The lowest BCUT2D eigenvalue weighted by atomic mass is 10.0. The summed E-state index contributed by atoms with van der Waals surface area (Å²) in [5, 5.41) is 11.6. The average Bonchev–Trinajstić information content (AvgIpc) is 3.26. The summed E-state index contributed by atoms with van der Waals surface area (Å²) in [4.78, 5) is 0.110. The molecule has 0 radical (unpaired) electrons. The fourth-order valence-electron chi connectivity index (χ4n) is 4.21. The monoisotopic (exact) mass is 491 g/mol. The molecular weight excluding hydrogens is 465 g/mol. The Hall–Kier alpha value is -2.49. The van der Waals surface area contributed by atoms with Gasteiger partial charge in [-0.2, -0.15) is 0 Å². The lowest BCUT2D eigenvalue weighted by Gasteiger charge is -2.37. The largest absolute Gasteiger partial charge is 0.315 e. The van der Waals surface area contributed by atoms with Crippen LogP contribution in [0, 0.1) is 5.82 Å². The summed E-state index contributed by atoms with van der Waals surface area (Å²) in [7, 11) is -4.04. The number of halogens is 2. The van der Waals surface area contributed by atoms with Gasteiger partial charge in [0, 0.05) is 29.8 Å². The molecule has 10 heteroatoms. The first-order chi connectivity index (χ1) is 15.6. The number of sulfonamides is 1. The second kappa shape index (κ2) is 9.04. The molecule has 1 N–H and O–H groups in total. The van der Waals surface area contributed by atoms with Gasteiger partial charge < -0.3 is 9.88 Å². The third-order valence-electron chi connectivity index (χ3n) is 5.63. The summed E-state index contributed by atoms with van der Waals surface area (Å²) in [6.07, 6.45) is 3.55. The number of piperidine rings is 1. The maximum atomic E-state index is 14.8. The third kappa shape index (κ3) is 4.62. The van der Waals surface area contributed by atoms with Crippen LogP contribution >= 0.6 is 11.6 Å². The molecule has 1 atom stereocenters. The highest BCUT2D eigenvalue weighted by Gasteiger charge is 2.37. The molecule has 0 spiro atoms. The van der Waals surface area contributed by atoms with E-state index in [-0.39, 0.29) is 21.6 Å². The van der Waals surface area contributed by atoms with E-state index in [1.165, 1.54) is 28.6 Å². The molecule has 0 saturated carbocycles. The summed E-state index contributed by atoms with van der Waals surface area (Å²) in [5.41, 5.74) is -0.355. The molecule has 0 amide bonds. The Balaban J connectivity index is 1.94. The van der Waals surface area contributed by atoms with Crippen LogP contribution in [0.5, 0.6) is 0 Å². The smallest absolute Gasteiger partial charge is 0.264 e. The van der Waals surface area contributed by atoms with Crippen LogP contribution in [0.1, 0.15) is 39.7 Å². The first-order valence-corrected chi connectivity index (χ1v) is 12.6. The van der Waals surface area contributed by atoms with E-state index in [0.717, 1.165) is 25.9 Å². The van der Waals surface area contributed by atoms with Gasteiger partial charge in [0.1, 0.15) is 12.1 Å². The van der Waals surface area contributed by atoms with E-state index in [1.54, 1.807) is 45.3 Å². The van der Waals surface area contributed by atoms with E-state index in [9.17, 15) is 12.8 Å². The van der Waals surface area contributed by atoms with Gasteiger partial charge in [-0.1, -0.05) is 29.8 Å². The van der Waals surface area contributed by atoms with E-state index in [2.05, 4.69) is 15.5 Å². The van der Waals surface area contributed by atoms with Crippen molar-refractivity contribution in [2.45, 2.75) is 50.1 Å². The van der Waals surface area contributed by atoms with E-state index in [0.29, 0.717) is 11.4 Å². The molecule has 2 aromatic carbocycles. The molecule has 1 aromatic heterocycles. The van der Waals surface area contributed by atoms with Gasteiger partial charge in [-0.05, 0) is 58.4 Å². The van der Waals surface area contributed by atoms with E-state index in [1.807, 2.05) is 4.57 Å². The van der Waals surface area contributed by atoms with Crippen molar-refractivity contribution in [3.05, 3.63) is 59.6 Å². The van der Waals surface area contributed by atoms with Crippen molar-refractivity contribution in [3.8, 4) is 11.4 Å². The number of hydrogen-bond acceptors (Lipinski definition) is 5. The zero-order valence-electron chi connectivity index (χ0n) is 18.8. The van der Waals surface area contributed by atoms with Gasteiger partial charge in [0.25, 0.3) is 10.0 Å². The van der Waals surface area contributed by atoms with Gasteiger partial charge in [0.05, 0.1) is 15.6 Å². The van der Waals surface area contributed by atoms with Crippen LogP contribution in [0.25, 0.3) is 11.4 Å². The van der Waals surface area contributed by atoms with Crippen LogP contribution in [0.15, 0.2) is 53.7 Å². The highest BCUT2D eigenvalue weighted by atomic mass is 35.5. The van der Waals surface area contributed by atoms with Crippen LogP contribution in [-0.4, -0.2) is 41.8 Å². The highest BCUT2D eigenvalue weighted by molar-refractivity contribution is 7.93. The standard InChI is InChI=1S/C23H27ClFN5O2S/c1-23(2,3)30(33(31,32)17-9-5-4-6-10-17)21-13-20(25)19(24)12-18(21)22-28-27-15-29(22)16-8-7-11-26-14-16/h4-6,9-10,12-13,15-16,26H,7-8,11,14H2,1-3H3. The number of anilines is 1. The normalized spacial score (nSPS) is 17.2. The summed E-state index contributed by atoms with van der Waals surface area (Å²) in [6, 6.07) is 10.8. The van der Waals surface area contributed by atoms with Crippen molar-refractivity contribution in [1.29, 1.82) is 0 Å². The first-order valence-electron chi connectivity index (χ1n) is 10.8. The molecule has 3 aromatic rings. The molecule has 1 saturated heterocycles. The number of rotatable bonds is 5. The highest BCUT2D eigenvalue weighted by Crippen LogP contribution is 2.41. The summed E-state index contributed by atoms with van der Waals surface area (Å²) >= 11 is 6.18. The molecule has 1 aliphatic rings.